The highest BCUT2D eigenvalue weighted by atomic mass is 16.5. The molecule has 0 fully saturated rings. The number of benzene rings is 2. The molecule has 0 spiro atoms. The van der Waals surface area contributed by atoms with Crippen LogP contribution in [0.5, 0.6) is 11.5 Å². The molecule has 0 aliphatic rings. The SMILES string of the molecule is COc1ccc(-c2cc3nccc(Nc4ccc5[nH]ccc5c4C)c3o2)cc1OC. The Hall–Kier alpha value is -3.93. The minimum Gasteiger partial charge on any atom is -0.493 e. The molecular formula is C24H21N3O3. The number of nitrogens with zero attached hydrogens (tertiary/aromatic N) is 1. The van der Waals surface area contributed by atoms with Crippen molar-refractivity contribution in [1.82, 2.24) is 9.97 Å². The van der Waals surface area contributed by atoms with Crippen LogP contribution in [-0.4, -0.2) is 24.2 Å². The van der Waals surface area contributed by atoms with Crippen molar-refractivity contribution >= 4 is 33.4 Å². The maximum atomic E-state index is 6.22. The van der Waals surface area contributed by atoms with E-state index in [1.54, 1.807) is 20.4 Å². The molecule has 0 saturated carbocycles. The summed E-state index contributed by atoms with van der Waals surface area (Å²) in [5.74, 6) is 2.04. The summed E-state index contributed by atoms with van der Waals surface area (Å²) in [5.41, 5.74) is 6.56. The third kappa shape index (κ3) is 2.93. The summed E-state index contributed by atoms with van der Waals surface area (Å²) in [7, 11) is 3.24. The summed E-state index contributed by atoms with van der Waals surface area (Å²) in [4.78, 5) is 7.72. The molecule has 0 saturated heterocycles. The van der Waals surface area contributed by atoms with E-state index in [1.165, 1.54) is 10.9 Å². The second-order valence-electron chi connectivity index (χ2n) is 7.06. The van der Waals surface area contributed by atoms with Gasteiger partial charge in [0.2, 0.25) is 0 Å². The second kappa shape index (κ2) is 7.15. The third-order valence-electron chi connectivity index (χ3n) is 5.35. The van der Waals surface area contributed by atoms with E-state index in [1.807, 2.05) is 36.5 Å². The molecule has 0 radical (unpaired) electrons. The molecule has 3 aromatic heterocycles. The summed E-state index contributed by atoms with van der Waals surface area (Å²) >= 11 is 0. The second-order valence-corrected chi connectivity index (χ2v) is 7.06. The van der Waals surface area contributed by atoms with E-state index in [0.29, 0.717) is 22.8 Å². The van der Waals surface area contributed by atoms with Crippen molar-refractivity contribution in [3.8, 4) is 22.8 Å². The number of furan rings is 1. The van der Waals surface area contributed by atoms with Crippen LogP contribution in [0.15, 0.2) is 65.3 Å². The highest BCUT2D eigenvalue weighted by molar-refractivity contribution is 5.94. The van der Waals surface area contributed by atoms with Crippen LogP contribution < -0.4 is 14.8 Å². The monoisotopic (exact) mass is 399 g/mol. The van der Waals surface area contributed by atoms with Crippen LogP contribution in [0, 0.1) is 6.92 Å². The van der Waals surface area contributed by atoms with E-state index in [2.05, 4.69) is 40.4 Å². The van der Waals surface area contributed by atoms with E-state index in [-0.39, 0.29) is 0 Å². The molecule has 0 bridgehead atoms. The quantitative estimate of drug-likeness (QED) is 0.377. The normalized spacial score (nSPS) is 11.2. The summed E-state index contributed by atoms with van der Waals surface area (Å²) < 4.78 is 17.0. The molecule has 3 heterocycles. The number of aromatic amines is 1. The van der Waals surface area contributed by atoms with Crippen LogP contribution in [0.1, 0.15) is 5.56 Å². The summed E-state index contributed by atoms with van der Waals surface area (Å²) in [5, 5.41) is 4.70. The fourth-order valence-electron chi connectivity index (χ4n) is 3.73. The third-order valence-corrected chi connectivity index (χ3v) is 5.35. The van der Waals surface area contributed by atoms with E-state index >= 15 is 0 Å². The number of aromatic nitrogens is 2. The summed E-state index contributed by atoms with van der Waals surface area (Å²) in [6, 6.07) is 15.8. The van der Waals surface area contributed by atoms with Gasteiger partial charge in [0.25, 0.3) is 0 Å². The van der Waals surface area contributed by atoms with Crippen molar-refractivity contribution in [3.05, 3.63) is 66.5 Å². The average molecular weight is 399 g/mol. The fraction of sp³-hybridized carbons (Fsp3) is 0.125. The zero-order valence-electron chi connectivity index (χ0n) is 16.9. The number of pyridine rings is 1. The molecule has 6 nitrogen and oxygen atoms in total. The van der Waals surface area contributed by atoms with Gasteiger partial charge in [0.15, 0.2) is 17.1 Å². The Morgan fingerprint density at radius 2 is 1.80 bits per heavy atom. The molecule has 2 aromatic carbocycles. The van der Waals surface area contributed by atoms with Gasteiger partial charge in [-0.2, -0.15) is 0 Å². The number of fused-ring (bicyclic) bond motifs is 2. The maximum absolute atomic E-state index is 6.22. The van der Waals surface area contributed by atoms with Gasteiger partial charge in [0.1, 0.15) is 11.3 Å². The van der Waals surface area contributed by atoms with Crippen molar-refractivity contribution in [2.75, 3.05) is 19.5 Å². The van der Waals surface area contributed by atoms with Gasteiger partial charge in [-0.1, -0.05) is 0 Å². The number of ether oxygens (including phenoxy) is 2. The van der Waals surface area contributed by atoms with Crippen LogP contribution in [-0.2, 0) is 0 Å². The lowest BCUT2D eigenvalue weighted by atomic mass is 10.1. The van der Waals surface area contributed by atoms with Crippen LogP contribution in [0.3, 0.4) is 0 Å². The minimum atomic E-state index is 0.650. The first-order valence-electron chi connectivity index (χ1n) is 9.62. The first-order chi connectivity index (χ1) is 14.7. The summed E-state index contributed by atoms with van der Waals surface area (Å²) in [6.07, 6.45) is 3.73. The van der Waals surface area contributed by atoms with E-state index in [9.17, 15) is 0 Å². The Morgan fingerprint density at radius 1 is 0.933 bits per heavy atom. The topological polar surface area (TPSA) is 72.3 Å². The molecule has 5 aromatic rings. The Bertz CT molecular complexity index is 1370. The molecule has 0 aliphatic carbocycles. The Balaban J connectivity index is 1.56. The zero-order valence-corrected chi connectivity index (χ0v) is 16.9. The van der Waals surface area contributed by atoms with Gasteiger partial charge < -0.3 is 24.2 Å². The molecule has 2 N–H and O–H groups in total. The Labute approximate surface area is 173 Å². The van der Waals surface area contributed by atoms with Crippen molar-refractivity contribution in [2.24, 2.45) is 0 Å². The van der Waals surface area contributed by atoms with Crippen LogP contribution in [0.25, 0.3) is 33.3 Å². The van der Waals surface area contributed by atoms with Gasteiger partial charge in [-0.3, -0.25) is 4.98 Å². The molecule has 5 rings (SSSR count). The first-order valence-corrected chi connectivity index (χ1v) is 9.62. The van der Waals surface area contributed by atoms with Gasteiger partial charge in [-0.25, -0.2) is 0 Å². The van der Waals surface area contributed by atoms with Crippen molar-refractivity contribution in [1.29, 1.82) is 0 Å². The Kier molecular flexibility index (Phi) is 4.32. The Morgan fingerprint density at radius 3 is 2.63 bits per heavy atom. The number of anilines is 2. The lowest BCUT2D eigenvalue weighted by Crippen LogP contribution is -1.94. The number of nitrogens with one attached hydrogen (secondary N) is 2. The van der Waals surface area contributed by atoms with E-state index in [4.69, 9.17) is 13.9 Å². The van der Waals surface area contributed by atoms with Gasteiger partial charge in [0.05, 0.1) is 19.9 Å². The van der Waals surface area contributed by atoms with Crippen LogP contribution in [0.2, 0.25) is 0 Å². The summed E-state index contributed by atoms with van der Waals surface area (Å²) in [6.45, 7) is 2.11. The first kappa shape index (κ1) is 18.1. The molecule has 150 valence electrons. The van der Waals surface area contributed by atoms with Crippen LogP contribution in [0.4, 0.5) is 11.4 Å². The molecule has 0 atom stereocenters. The molecule has 0 aliphatic heterocycles. The number of rotatable bonds is 5. The molecular weight excluding hydrogens is 378 g/mol. The highest BCUT2D eigenvalue weighted by Gasteiger charge is 2.14. The number of methoxy groups -OCH3 is 2. The van der Waals surface area contributed by atoms with E-state index < -0.39 is 0 Å². The van der Waals surface area contributed by atoms with Gasteiger partial charge in [0, 0.05) is 40.6 Å². The predicted molar refractivity (Wildman–Crippen MR) is 119 cm³/mol. The lowest BCUT2D eigenvalue weighted by molar-refractivity contribution is 0.355. The minimum absolute atomic E-state index is 0.650. The van der Waals surface area contributed by atoms with Gasteiger partial charge in [-0.05, 0) is 55.0 Å². The number of hydrogen-bond acceptors (Lipinski definition) is 5. The average Bonchev–Trinajstić information content (AvgIpc) is 3.43. The highest BCUT2D eigenvalue weighted by Crippen LogP contribution is 2.37. The van der Waals surface area contributed by atoms with E-state index in [0.717, 1.165) is 28.0 Å². The lowest BCUT2D eigenvalue weighted by Gasteiger charge is -2.11. The van der Waals surface area contributed by atoms with Gasteiger partial charge in [-0.15, -0.1) is 0 Å². The largest absolute Gasteiger partial charge is 0.493 e. The molecule has 0 amide bonds. The molecule has 30 heavy (non-hydrogen) atoms. The van der Waals surface area contributed by atoms with Crippen LogP contribution >= 0.6 is 0 Å². The molecule has 6 heteroatoms. The number of hydrogen-bond donors (Lipinski definition) is 2. The van der Waals surface area contributed by atoms with Crippen molar-refractivity contribution < 1.29 is 13.9 Å². The number of aryl methyl sites for hydroxylation is 1. The predicted octanol–water partition coefficient (Wildman–Crippen LogP) is 6.05. The zero-order chi connectivity index (χ0) is 20.7. The molecule has 0 unspecified atom stereocenters. The smallest absolute Gasteiger partial charge is 0.176 e. The number of H-pyrrole nitrogens is 1. The maximum Gasteiger partial charge on any atom is 0.176 e. The standard InChI is InChI=1S/C24H21N3O3/c1-14-16-8-10-25-18(16)6-5-17(14)27-19-9-11-26-20-13-22(30-24(19)20)15-4-7-21(28-2)23(12-15)29-3/h4-13,25H,1-3H3,(H,26,27). The fourth-order valence-corrected chi connectivity index (χ4v) is 3.73. The van der Waals surface area contributed by atoms with Gasteiger partial charge >= 0.3 is 0 Å². The van der Waals surface area contributed by atoms with Crippen molar-refractivity contribution in [2.45, 2.75) is 6.92 Å². The van der Waals surface area contributed by atoms with Crippen molar-refractivity contribution in [3.63, 3.8) is 0 Å².